The van der Waals surface area contributed by atoms with E-state index in [0.717, 1.165) is 5.69 Å². The van der Waals surface area contributed by atoms with Gasteiger partial charge in [0.2, 0.25) is 0 Å². The van der Waals surface area contributed by atoms with Crippen LogP contribution in [0.25, 0.3) is 0 Å². The summed E-state index contributed by atoms with van der Waals surface area (Å²) in [6.07, 6.45) is 0. The molecule has 0 spiro atoms. The predicted molar refractivity (Wildman–Crippen MR) is 64.5 cm³/mol. The van der Waals surface area contributed by atoms with E-state index in [2.05, 4.69) is 17.4 Å². The van der Waals surface area contributed by atoms with Gasteiger partial charge in [0.1, 0.15) is 17.3 Å². The fourth-order valence-electron chi connectivity index (χ4n) is 1.65. The summed E-state index contributed by atoms with van der Waals surface area (Å²) < 4.78 is 0. The molecule has 0 atom stereocenters. The minimum Gasteiger partial charge on any atom is -0.399 e. The van der Waals surface area contributed by atoms with Gasteiger partial charge in [-0.15, -0.1) is 0 Å². The second-order valence-corrected chi connectivity index (χ2v) is 5.99. The van der Waals surface area contributed by atoms with Crippen molar-refractivity contribution in [2.75, 3.05) is 30.3 Å². The van der Waals surface area contributed by atoms with Gasteiger partial charge in [-0.25, -0.2) is 0 Å². The highest BCUT2D eigenvalue weighted by molar-refractivity contribution is 7.96. The Kier molecular flexibility index (Phi) is 3.32. The van der Waals surface area contributed by atoms with Crippen LogP contribution >= 0.6 is 0 Å². The van der Waals surface area contributed by atoms with Crippen molar-refractivity contribution < 1.29 is 0 Å². The molecule has 0 unspecified atom stereocenters. The largest absolute Gasteiger partial charge is 0.399 e. The molecule has 1 aromatic rings. The molecule has 1 saturated heterocycles. The van der Waals surface area contributed by atoms with Gasteiger partial charge in [0.25, 0.3) is 0 Å². The van der Waals surface area contributed by atoms with Crippen molar-refractivity contribution >= 4 is 16.6 Å². The molecule has 76 valence electrons. The number of benzene rings is 1. The Morgan fingerprint density at radius 3 is 2.43 bits per heavy atom. The van der Waals surface area contributed by atoms with Gasteiger partial charge in [0.05, 0.1) is 0 Å². The quantitative estimate of drug-likeness (QED) is 0.563. The molecule has 2 rings (SSSR count). The number of nitrogens with two attached hydrogens (primary N) is 1. The van der Waals surface area contributed by atoms with E-state index in [-0.39, 0.29) is 0 Å². The Labute approximate surface area is 88.2 Å². The first kappa shape index (κ1) is 9.87. The lowest BCUT2D eigenvalue weighted by atomic mass is 10.2. The smallest absolute Gasteiger partial charge is 0.133 e. The van der Waals surface area contributed by atoms with Gasteiger partial charge in [-0.3, -0.25) is 0 Å². The van der Waals surface area contributed by atoms with E-state index in [4.69, 9.17) is 5.73 Å². The number of hydrogen-bond acceptors (Lipinski definition) is 2. The first-order valence-corrected chi connectivity index (χ1v) is 6.77. The number of anilines is 1. The van der Waals surface area contributed by atoms with Crippen LogP contribution in [0.2, 0.25) is 0 Å². The third-order valence-corrected chi connectivity index (χ3v) is 4.79. The van der Waals surface area contributed by atoms with Crippen LogP contribution in [0.3, 0.4) is 0 Å². The molecule has 3 heteroatoms. The average molecular weight is 209 g/mol. The highest BCUT2D eigenvalue weighted by Crippen LogP contribution is 2.12. The first-order chi connectivity index (χ1) is 6.84. The van der Waals surface area contributed by atoms with Crippen molar-refractivity contribution in [1.82, 2.24) is 5.32 Å². The Balaban J connectivity index is 1.92. The average Bonchev–Trinajstić information content (AvgIpc) is 2.23. The molecule has 0 saturated carbocycles. The van der Waals surface area contributed by atoms with Crippen LogP contribution in [0.1, 0.15) is 5.56 Å². The van der Waals surface area contributed by atoms with E-state index in [1.807, 2.05) is 12.1 Å². The fraction of sp³-hybridized carbons (Fsp3) is 0.455. The van der Waals surface area contributed by atoms with Gasteiger partial charge in [0.15, 0.2) is 0 Å². The molecule has 0 radical (unpaired) electrons. The SMILES string of the molecule is Nc1ccc(C[S+]2CCNCC2)cc1. The van der Waals surface area contributed by atoms with Crippen LogP contribution in [-0.2, 0) is 16.6 Å². The summed E-state index contributed by atoms with van der Waals surface area (Å²) in [4.78, 5) is 0. The molecule has 3 N–H and O–H groups in total. The molecule has 0 aromatic heterocycles. The highest BCUT2D eigenvalue weighted by atomic mass is 32.2. The maximum atomic E-state index is 5.65. The summed E-state index contributed by atoms with van der Waals surface area (Å²) in [5.74, 6) is 3.91. The summed E-state index contributed by atoms with van der Waals surface area (Å²) in [6.45, 7) is 2.39. The first-order valence-electron chi connectivity index (χ1n) is 5.04. The van der Waals surface area contributed by atoms with Crippen molar-refractivity contribution in [3.8, 4) is 0 Å². The summed E-state index contributed by atoms with van der Waals surface area (Å²) in [5, 5.41) is 3.40. The van der Waals surface area contributed by atoms with Crippen molar-refractivity contribution in [3.63, 3.8) is 0 Å². The third-order valence-electron chi connectivity index (χ3n) is 2.49. The molecule has 2 nitrogen and oxygen atoms in total. The van der Waals surface area contributed by atoms with E-state index < -0.39 is 0 Å². The number of rotatable bonds is 2. The van der Waals surface area contributed by atoms with Gasteiger partial charge in [-0.2, -0.15) is 0 Å². The van der Waals surface area contributed by atoms with E-state index in [9.17, 15) is 0 Å². The topological polar surface area (TPSA) is 38.0 Å². The second-order valence-electron chi connectivity index (χ2n) is 3.66. The lowest BCUT2D eigenvalue weighted by Gasteiger charge is -2.14. The van der Waals surface area contributed by atoms with Crippen LogP contribution < -0.4 is 11.1 Å². The van der Waals surface area contributed by atoms with E-state index in [1.54, 1.807) is 0 Å². The monoisotopic (exact) mass is 209 g/mol. The number of nitrogens with one attached hydrogen (secondary N) is 1. The van der Waals surface area contributed by atoms with Crippen LogP contribution in [0.4, 0.5) is 5.69 Å². The molecular formula is C11H17N2S+. The van der Waals surface area contributed by atoms with Crippen LogP contribution in [0.15, 0.2) is 24.3 Å². The minimum absolute atomic E-state index is 0.594. The number of nitrogen functional groups attached to an aromatic ring is 1. The lowest BCUT2D eigenvalue weighted by Crippen LogP contribution is -2.36. The van der Waals surface area contributed by atoms with Gasteiger partial charge in [-0.1, -0.05) is 12.1 Å². The normalized spacial score (nSPS) is 18.3. The molecule has 0 amide bonds. The summed E-state index contributed by atoms with van der Waals surface area (Å²) in [5.41, 5.74) is 7.95. The molecule has 0 aliphatic carbocycles. The van der Waals surface area contributed by atoms with Gasteiger partial charge in [0, 0.05) is 24.3 Å². The Bertz CT molecular complexity index is 278. The Hall–Kier alpha value is -0.670. The molecule has 0 bridgehead atoms. The summed E-state index contributed by atoms with van der Waals surface area (Å²) >= 11 is 0. The molecular weight excluding hydrogens is 192 g/mol. The van der Waals surface area contributed by atoms with E-state index >= 15 is 0 Å². The molecule has 1 heterocycles. The molecule has 1 aliphatic heterocycles. The zero-order chi connectivity index (χ0) is 9.80. The number of hydrogen-bond donors (Lipinski definition) is 2. The third kappa shape index (κ3) is 2.66. The molecule has 1 fully saturated rings. The minimum atomic E-state index is 0.594. The maximum absolute atomic E-state index is 5.65. The highest BCUT2D eigenvalue weighted by Gasteiger charge is 2.21. The zero-order valence-corrected chi connectivity index (χ0v) is 9.15. The summed E-state index contributed by atoms with van der Waals surface area (Å²) in [7, 11) is 0.594. The van der Waals surface area contributed by atoms with Crippen molar-refractivity contribution in [3.05, 3.63) is 29.8 Å². The molecule has 1 aliphatic rings. The predicted octanol–water partition coefficient (Wildman–Crippen LogP) is 0.990. The zero-order valence-electron chi connectivity index (χ0n) is 8.33. The van der Waals surface area contributed by atoms with Gasteiger partial charge < -0.3 is 11.1 Å². The van der Waals surface area contributed by atoms with Crippen molar-refractivity contribution in [2.24, 2.45) is 0 Å². The fourth-order valence-corrected chi connectivity index (χ4v) is 3.68. The Morgan fingerprint density at radius 1 is 1.14 bits per heavy atom. The van der Waals surface area contributed by atoms with Crippen molar-refractivity contribution in [1.29, 1.82) is 0 Å². The van der Waals surface area contributed by atoms with E-state index in [0.29, 0.717) is 10.9 Å². The summed E-state index contributed by atoms with van der Waals surface area (Å²) in [6, 6.07) is 8.32. The molecule has 14 heavy (non-hydrogen) atoms. The van der Waals surface area contributed by atoms with Crippen molar-refractivity contribution in [2.45, 2.75) is 5.75 Å². The van der Waals surface area contributed by atoms with Gasteiger partial charge in [-0.05, 0) is 23.0 Å². The lowest BCUT2D eigenvalue weighted by molar-refractivity contribution is 0.749. The van der Waals surface area contributed by atoms with Gasteiger partial charge >= 0.3 is 0 Å². The van der Waals surface area contributed by atoms with Crippen LogP contribution in [0, 0.1) is 0 Å². The molecule has 1 aromatic carbocycles. The Morgan fingerprint density at radius 2 is 1.79 bits per heavy atom. The van der Waals surface area contributed by atoms with E-state index in [1.165, 1.54) is 35.9 Å². The van der Waals surface area contributed by atoms with Crippen LogP contribution in [0.5, 0.6) is 0 Å². The maximum Gasteiger partial charge on any atom is 0.133 e. The van der Waals surface area contributed by atoms with Crippen LogP contribution in [-0.4, -0.2) is 24.6 Å². The second kappa shape index (κ2) is 4.71. The standard InChI is InChI=1S/C11H17N2S/c12-11-3-1-10(2-4-11)9-14-7-5-13-6-8-14/h1-4,13H,5-9,12H2/q+1.